The molecule has 3 rings (SSSR count). The number of ether oxygens (including phenoxy) is 3. The molecule has 0 unspecified atom stereocenters. The lowest BCUT2D eigenvalue weighted by molar-refractivity contribution is -0.176. The van der Waals surface area contributed by atoms with Gasteiger partial charge in [0.05, 0.1) is 44.4 Å². The number of ketones is 1. The standard InChI is InChI=1S/C24H19Cl4F3N2O7S/c1-10-16(22(33(2)32-10)40-23(35)17-19(28)13(25)7-14(26)21(17)38-3)20(34)11-5-6-15(41(4,36)37)12(18(11)27)8-39-9-24(29,30)31/h5-7H,8-9H2,1-4H3. The quantitative estimate of drug-likeness (QED) is 0.148. The third kappa shape index (κ3) is 7.09. The molecule has 0 aliphatic rings. The third-order valence-electron chi connectivity index (χ3n) is 5.48. The summed E-state index contributed by atoms with van der Waals surface area (Å²) in [6, 6.07) is 3.34. The molecule has 9 nitrogen and oxygen atoms in total. The second-order valence-electron chi connectivity index (χ2n) is 8.45. The number of carbonyl (C=O) groups is 2. The van der Waals surface area contributed by atoms with Crippen LogP contribution >= 0.6 is 46.4 Å². The second-order valence-corrected chi connectivity index (χ2v) is 12.0. The fourth-order valence-corrected chi connectivity index (χ4v) is 5.82. The number of aromatic nitrogens is 2. The zero-order valence-corrected chi connectivity index (χ0v) is 25.3. The van der Waals surface area contributed by atoms with Crippen LogP contribution in [0.5, 0.6) is 11.6 Å². The van der Waals surface area contributed by atoms with Gasteiger partial charge in [0.15, 0.2) is 15.6 Å². The molecule has 0 aliphatic heterocycles. The Morgan fingerprint density at radius 2 is 1.68 bits per heavy atom. The number of esters is 1. The van der Waals surface area contributed by atoms with E-state index in [4.69, 9.17) is 55.9 Å². The molecule has 1 heterocycles. The predicted molar refractivity (Wildman–Crippen MR) is 145 cm³/mol. The van der Waals surface area contributed by atoms with Gasteiger partial charge < -0.3 is 14.2 Å². The molecule has 0 amide bonds. The molecule has 2 aromatic carbocycles. The molecule has 0 bridgehead atoms. The van der Waals surface area contributed by atoms with Crippen LogP contribution in [0.3, 0.4) is 0 Å². The molecule has 0 atom stereocenters. The minimum absolute atomic E-state index is 0.0515. The lowest BCUT2D eigenvalue weighted by Crippen LogP contribution is -2.18. The van der Waals surface area contributed by atoms with Gasteiger partial charge in [-0.2, -0.15) is 18.3 Å². The minimum Gasteiger partial charge on any atom is -0.494 e. The Morgan fingerprint density at radius 3 is 2.24 bits per heavy atom. The number of nitrogens with zero attached hydrogens (tertiary/aromatic N) is 2. The molecule has 3 aromatic rings. The highest BCUT2D eigenvalue weighted by Gasteiger charge is 2.32. The number of sulfone groups is 1. The maximum Gasteiger partial charge on any atom is 0.411 e. The van der Waals surface area contributed by atoms with Gasteiger partial charge in [-0.05, 0) is 25.1 Å². The van der Waals surface area contributed by atoms with Crippen LogP contribution < -0.4 is 9.47 Å². The van der Waals surface area contributed by atoms with Crippen molar-refractivity contribution in [1.82, 2.24) is 9.78 Å². The Kier molecular flexibility index (Phi) is 9.93. The van der Waals surface area contributed by atoms with Gasteiger partial charge in [-0.1, -0.05) is 46.4 Å². The monoisotopic (exact) mass is 676 g/mol. The van der Waals surface area contributed by atoms with Gasteiger partial charge in [0, 0.05) is 24.4 Å². The number of benzene rings is 2. The van der Waals surface area contributed by atoms with Crippen molar-refractivity contribution in [2.75, 3.05) is 20.0 Å². The van der Waals surface area contributed by atoms with Crippen LogP contribution in [0.1, 0.15) is 37.5 Å². The first-order valence-corrected chi connectivity index (χ1v) is 14.5. The van der Waals surface area contributed by atoms with E-state index in [-0.39, 0.29) is 54.6 Å². The van der Waals surface area contributed by atoms with E-state index in [1.165, 1.54) is 27.1 Å². The molecule has 1 aromatic heterocycles. The number of alkyl halides is 3. The Bertz CT molecular complexity index is 1660. The summed E-state index contributed by atoms with van der Waals surface area (Å²) >= 11 is 24.7. The molecule has 0 fully saturated rings. The summed E-state index contributed by atoms with van der Waals surface area (Å²) < 4.78 is 78.8. The molecular weight excluding hydrogens is 659 g/mol. The number of aryl methyl sites for hydroxylation is 2. The molecule has 0 spiro atoms. The molecular formula is C24H19Cl4F3N2O7S. The third-order valence-corrected chi connectivity index (χ3v) is 8.16. The van der Waals surface area contributed by atoms with E-state index in [1.54, 1.807) is 0 Å². The highest BCUT2D eigenvalue weighted by atomic mass is 35.5. The summed E-state index contributed by atoms with van der Waals surface area (Å²) in [6.45, 7) is -1.14. The van der Waals surface area contributed by atoms with Gasteiger partial charge in [0.1, 0.15) is 17.7 Å². The van der Waals surface area contributed by atoms with E-state index < -0.39 is 50.9 Å². The fraction of sp³-hybridized carbons (Fsp3) is 0.292. The topological polar surface area (TPSA) is 114 Å². The van der Waals surface area contributed by atoms with Crippen molar-refractivity contribution in [3.63, 3.8) is 0 Å². The van der Waals surface area contributed by atoms with E-state index in [2.05, 4.69) is 9.84 Å². The highest BCUT2D eigenvalue weighted by molar-refractivity contribution is 7.90. The first-order chi connectivity index (χ1) is 18.9. The number of rotatable bonds is 9. The van der Waals surface area contributed by atoms with Gasteiger partial charge in [-0.25, -0.2) is 17.9 Å². The van der Waals surface area contributed by atoms with E-state index in [1.807, 2.05) is 0 Å². The maximum absolute atomic E-state index is 13.7. The number of halogens is 7. The van der Waals surface area contributed by atoms with Crippen molar-refractivity contribution in [3.05, 3.63) is 66.2 Å². The van der Waals surface area contributed by atoms with Crippen LogP contribution in [0, 0.1) is 6.92 Å². The van der Waals surface area contributed by atoms with Gasteiger partial charge in [0.25, 0.3) is 0 Å². The first kappa shape index (κ1) is 33.0. The lowest BCUT2D eigenvalue weighted by Gasteiger charge is -2.16. The van der Waals surface area contributed by atoms with E-state index >= 15 is 0 Å². The number of hydrogen-bond donors (Lipinski definition) is 0. The van der Waals surface area contributed by atoms with Crippen LogP contribution in [-0.4, -0.2) is 56.1 Å². The SMILES string of the molecule is COc1c(Cl)cc(Cl)c(Cl)c1C(=O)Oc1c(C(=O)c2ccc(S(C)(=O)=O)c(COCC(F)(F)F)c2Cl)c(C)nn1C. The number of carbonyl (C=O) groups excluding carboxylic acids is 2. The van der Waals surface area contributed by atoms with Gasteiger partial charge in [-0.15, -0.1) is 0 Å². The second kappa shape index (κ2) is 12.4. The smallest absolute Gasteiger partial charge is 0.411 e. The molecule has 222 valence electrons. The summed E-state index contributed by atoms with van der Waals surface area (Å²) in [5.74, 6) is -2.53. The van der Waals surface area contributed by atoms with Crippen molar-refractivity contribution in [3.8, 4) is 11.6 Å². The van der Waals surface area contributed by atoms with Crippen molar-refractivity contribution in [2.45, 2.75) is 24.6 Å². The first-order valence-electron chi connectivity index (χ1n) is 11.1. The average Bonchev–Trinajstić information content (AvgIpc) is 3.12. The number of methoxy groups -OCH3 is 1. The normalized spacial score (nSPS) is 12.0. The predicted octanol–water partition coefficient (Wildman–Crippen LogP) is 6.28. The van der Waals surface area contributed by atoms with Crippen LogP contribution in [0.2, 0.25) is 20.1 Å². The van der Waals surface area contributed by atoms with Gasteiger partial charge in [0.2, 0.25) is 11.7 Å². The van der Waals surface area contributed by atoms with Crippen molar-refractivity contribution in [2.24, 2.45) is 7.05 Å². The molecule has 41 heavy (non-hydrogen) atoms. The van der Waals surface area contributed by atoms with Crippen LogP contribution in [0.15, 0.2) is 23.1 Å². The fourth-order valence-electron chi connectivity index (χ4n) is 3.78. The Morgan fingerprint density at radius 1 is 1.05 bits per heavy atom. The highest BCUT2D eigenvalue weighted by Crippen LogP contribution is 2.40. The lowest BCUT2D eigenvalue weighted by atomic mass is 10.0. The summed E-state index contributed by atoms with van der Waals surface area (Å²) in [7, 11) is -1.41. The molecule has 0 radical (unpaired) electrons. The van der Waals surface area contributed by atoms with Crippen LogP contribution in [0.25, 0.3) is 0 Å². The van der Waals surface area contributed by atoms with E-state index in [0.29, 0.717) is 0 Å². The van der Waals surface area contributed by atoms with Crippen LogP contribution in [0.4, 0.5) is 13.2 Å². The van der Waals surface area contributed by atoms with Crippen LogP contribution in [-0.2, 0) is 28.2 Å². The Balaban J connectivity index is 2.11. The van der Waals surface area contributed by atoms with Gasteiger partial charge in [-0.3, -0.25) is 4.79 Å². The summed E-state index contributed by atoms with van der Waals surface area (Å²) in [5.41, 5.74) is -1.22. The zero-order valence-electron chi connectivity index (χ0n) is 21.5. The molecule has 17 heteroatoms. The van der Waals surface area contributed by atoms with Crippen molar-refractivity contribution >= 4 is 68.0 Å². The summed E-state index contributed by atoms with van der Waals surface area (Å²) in [6.07, 6.45) is -3.88. The molecule has 0 saturated heterocycles. The maximum atomic E-state index is 13.7. The van der Waals surface area contributed by atoms with Crippen molar-refractivity contribution < 1.29 is 45.4 Å². The molecule has 0 saturated carbocycles. The van der Waals surface area contributed by atoms with Crippen molar-refractivity contribution in [1.29, 1.82) is 0 Å². The zero-order chi connectivity index (χ0) is 31.0. The summed E-state index contributed by atoms with van der Waals surface area (Å²) in [4.78, 5) is 26.5. The van der Waals surface area contributed by atoms with E-state index in [0.717, 1.165) is 23.1 Å². The van der Waals surface area contributed by atoms with Gasteiger partial charge >= 0.3 is 12.1 Å². The molecule has 0 aliphatic carbocycles. The largest absolute Gasteiger partial charge is 0.494 e. The number of hydrogen-bond acceptors (Lipinski definition) is 8. The molecule has 0 N–H and O–H groups in total. The average molecular weight is 678 g/mol. The Hall–Kier alpha value is -2.55. The van der Waals surface area contributed by atoms with E-state index in [9.17, 15) is 31.2 Å². The minimum atomic E-state index is -4.70. The summed E-state index contributed by atoms with van der Waals surface area (Å²) in [5, 5.41) is 3.25. The Labute approximate surface area is 251 Å².